The topological polar surface area (TPSA) is 41.1 Å². The first kappa shape index (κ1) is 13.4. The van der Waals surface area contributed by atoms with Crippen LogP contribution in [0.3, 0.4) is 0 Å². The molecule has 1 heterocycles. The normalized spacial score (nSPS) is 23.6. The molecule has 0 spiro atoms. The van der Waals surface area contributed by atoms with Gasteiger partial charge in [-0.2, -0.15) is 0 Å². The number of amides is 2. The SMILES string of the molecule is CC1CCC(NC(=O)NCCc2cccs2)CC1. The van der Waals surface area contributed by atoms with Crippen molar-refractivity contribution in [3.05, 3.63) is 22.4 Å². The largest absolute Gasteiger partial charge is 0.338 e. The zero-order valence-corrected chi connectivity index (χ0v) is 11.8. The van der Waals surface area contributed by atoms with E-state index in [2.05, 4.69) is 29.0 Å². The second-order valence-corrected chi connectivity index (χ2v) is 6.22. The molecule has 0 aliphatic heterocycles. The van der Waals surface area contributed by atoms with Crippen LogP contribution in [0.1, 0.15) is 37.5 Å². The molecule has 0 radical (unpaired) electrons. The average Bonchev–Trinajstić information content (AvgIpc) is 2.85. The summed E-state index contributed by atoms with van der Waals surface area (Å²) in [5, 5.41) is 8.08. The summed E-state index contributed by atoms with van der Waals surface area (Å²) in [4.78, 5) is 13.0. The maximum Gasteiger partial charge on any atom is 0.315 e. The van der Waals surface area contributed by atoms with Gasteiger partial charge in [-0.15, -0.1) is 11.3 Å². The lowest BCUT2D eigenvalue weighted by Crippen LogP contribution is -2.44. The van der Waals surface area contributed by atoms with E-state index in [0.29, 0.717) is 6.04 Å². The van der Waals surface area contributed by atoms with Gasteiger partial charge in [-0.05, 0) is 49.5 Å². The number of hydrogen-bond acceptors (Lipinski definition) is 2. The van der Waals surface area contributed by atoms with Crippen molar-refractivity contribution in [2.45, 2.75) is 45.1 Å². The molecule has 1 saturated carbocycles. The van der Waals surface area contributed by atoms with E-state index in [1.165, 1.54) is 17.7 Å². The molecule has 1 aromatic heterocycles. The van der Waals surface area contributed by atoms with Crippen molar-refractivity contribution in [2.75, 3.05) is 6.54 Å². The zero-order valence-electron chi connectivity index (χ0n) is 10.9. The molecule has 0 bridgehead atoms. The predicted molar refractivity (Wildman–Crippen MR) is 76.0 cm³/mol. The molecule has 1 aliphatic carbocycles. The van der Waals surface area contributed by atoms with E-state index in [0.717, 1.165) is 31.7 Å². The van der Waals surface area contributed by atoms with Crippen LogP contribution in [0.25, 0.3) is 0 Å². The highest BCUT2D eigenvalue weighted by Gasteiger charge is 2.19. The Morgan fingerprint density at radius 2 is 2.17 bits per heavy atom. The minimum Gasteiger partial charge on any atom is -0.338 e. The molecule has 0 aromatic carbocycles. The highest BCUT2D eigenvalue weighted by molar-refractivity contribution is 7.09. The Labute approximate surface area is 113 Å². The average molecular weight is 266 g/mol. The van der Waals surface area contributed by atoms with Crippen LogP contribution in [0.5, 0.6) is 0 Å². The summed E-state index contributed by atoms with van der Waals surface area (Å²) >= 11 is 1.74. The van der Waals surface area contributed by atoms with Crippen molar-refractivity contribution < 1.29 is 4.79 Å². The van der Waals surface area contributed by atoms with Crippen LogP contribution in [-0.4, -0.2) is 18.6 Å². The zero-order chi connectivity index (χ0) is 12.8. The third kappa shape index (κ3) is 4.33. The Morgan fingerprint density at radius 3 is 2.83 bits per heavy atom. The summed E-state index contributed by atoms with van der Waals surface area (Å²) in [6.45, 7) is 3.01. The fourth-order valence-corrected chi connectivity index (χ4v) is 3.10. The Balaban J connectivity index is 1.60. The van der Waals surface area contributed by atoms with Gasteiger partial charge in [0.25, 0.3) is 0 Å². The third-order valence-electron chi connectivity index (χ3n) is 3.59. The van der Waals surface area contributed by atoms with Crippen molar-refractivity contribution >= 4 is 17.4 Å². The Hall–Kier alpha value is -1.03. The van der Waals surface area contributed by atoms with Gasteiger partial charge in [0.1, 0.15) is 0 Å². The molecule has 100 valence electrons. The number of carbonyl (C=O) groups is 1. The summed E-state index contributed by atoms with van der Waals surface area (Å²) in [7, 11) is 0. The number of nitrogens with one attached hydrogen (secondary N) is 2. The third-order valence-corrected chi connectivity index (χ3v) is 4.52. The number of hydrogen-bond donors (Lipinski definition) is 2. The first-order valence-electron chi connectivity index (χ1n) is 6.81. The summed E-state index contributed by atoms with van der Waals surface area (Å²) < 4.78 is 0. The Morgan fingerprint density at radius 1 is 1.39 bits per heavy atom. The van der Waals surface area contributed by atoms with Crippen molar-refractivity contribution in [1.29, 1.82) is 0 Å². The molecule has 2 N–H and O–H groups in total. The van der Waals surface area contributed by atoms with Crippen molar-refractivity contribution in [3.63, 3.8) is 0 Å². The molecule has 2 amide bonds. The number of rotatable bonds is 4. The number of thiophene rings is 1. The standard InChI is InChI=1S/C14H22N2OS/c1-11-4-6-12(7-5-11)16-14(17)15-9-8-13-3-2-10-18-13/h2-3,10-12H,4-9H2,1H3,(H2,15,16,17). The molecule has 1 fully saturated rings. The maximum atomic E-state index is 11.7. The van der Waals surface area contributed by atoms with Gasteiger partial charge < -0.3 is 10.6 Å². The maximum absolute atomic E-state index is 11.7. The van der Waals surface area contributed by atoms with E-state index in [4.69, 9.17) is 0 Å². The Bertz CT molecular complexity index is 356. The molecule has 1 aromatic rings. The molecular weight excluding hydrogens is 244 g/mol. The monoisotopic (exact) mass is 266 g/mol. The molecular formula is C14H22N2OS. The van der Waals surface area contributed by atoms with Gasteiger partial charge in [-0.3, -0.25) is 0 Å². The summed E-state index contributed by atoms with van der Waals surface area (Å²) in [6, 6.07) is 4.52. The van der Waals surface area contributed by atoms with E-state index in [9.17, 15) is 4.79 Å². The van der Waals surface area contributed by atoms with Gasteiger partial charge in [0.05, 0.1) is 0 Å². The molecule has 4 heteroatoms. The van der Waals surface area contributed by atoms with Crippen LogP contribution >= 0.6 is 11.3 Å². The molecule has 1 aliphatic rings. The van der Waals surface area contributed by atoms with E-state index < -0.39 is 0 Å². The molecule has 18 heavy (non-hydrogen) atoms. The first-order chi connectivity index (χ1) is 8.74. The van der Waals surface area contributed by atoms with Crippen molar-refractivity contribution in [1.82, 2.24) is 10.6 Å². The number of urea groups is 1. The summed E-state index contributed by atoms with van der Waals surface area (Å²) in [6.07, 6.45) is 5.64. The van der Waals surface area contributed by atoms with Crippen molar-refractivity contribution in [2.24, 2.45) is 5.92 Å². The Kier molecular flexibility index (Phi) is 5.05. The second kappa shape index (κ2) is 6.78. The lowest BCUT2D eigenvalue weighted by Gasteiger charge is -2.26. The molecule has 0 atom stereocenters. The van der Waals surface area contributed by atoms with E-state index in [-0.39, 0.29) is 6.03 Å². The summed E-state index contributed by atoms with van der Waals surface area (Å²) in [5.41, 5.74) is 0. The van der Waals surface area contributed by atoms with Crippen molar-refractivity contribution in [3.8, 4) is 0 Å². The van der Waals surface area contributed by atoms with Crippen LogP contribution in [0.4, 0.5) is 4.79 Å². The molecule has 0 unspecified atom stereocenters. The van der Waals surface area contributed by atoms with Gasteiger partial charge in [0.2, 0.25) is 0 Å². The fourth-order valence-electron chi connectivity index (χ4n) is 2.39. The summed E-state index contributed by atoms with van der Waals surface area (Å²) in [5.74, 6) is 0.824. The highest BCUT2D eigenvalue weighted by atomic mass is 32.1. The first-order valence-corrected chi connectivity index (χ1v) is 7.69. The molecule has 2 rings (SSSR count). The lowest BCUT2D eigenvalue weighted by atomic mass is 9.87. The quantitative estimate of drug-likeness (QED) is 0.863. The minimum absolute atomic E-state index is 0.00823. The van der Waals surface area contributed by atoms with E-state index in [1.54, 1.807) is 11.3 Å². The smallest absolute Gasteiger partial charge is 0.315 e. The second-order valence-electron chi connectivity index (χ2n) is 5.19. The minimum atomic E-state index is -0.00823. The lowest BCUT2D eigenvalue weighted by molar-refractivity contribution is 0.228. The van der Waals surface area contributed by atoms with Gasteiger partial charge in [-0.25, -0.2) is 4.79 Å². The van der Waals surface area contributed by atoms with Crippen LogP contribution in [-0.2, 0) is 6.42 Å². The number of carbonyl (C=O) groups excluding carboxylic acids is 1. The predicted octanol–water partition coefficient (Wildman–Crippen LogP) is 3.17. The molecule has 0 saturated heterocycles. The fraction of sp³-hybridized carbons (Fsp3) is 0.643. The van der Waals surface area contributed by atoms with Gasteiger partial charge in [0.15, 0.2) is 0 Å². The molecule has 3 nitrogen and oxygen atoms in total. The van der Waals surface area contributed by atoms with Gasteiger partial charge in [0, 0.05) is 17.5 Å². The van der Waals surface area contributed by atoms with E-state index >= 15 is 0 Å². The van der Waals surface area contributed by atoms with Gasteiger partial charge in [-0.1, -0.05) is 13.0 Å². The highest BCUT2D eigenvalue weighted by Crippen LogP contribution is 2.23. The van der Waals surface area contributed by atoms with Crippen LogP contribution in [0, 0.1) is 5.92 Å². The van der Waals surface area contributed by atoms with Crippen LogP contribution in [0.15, 0.2) is 17.5 Å². The van der Waals surface area contributed by atoms with Gasteiger partial charge >= 0.3 is 6.03 Å². The van der Waals surface area contributed by atoms with Crippen LogP contribution < -0.4 is 10.6 Å². The van der Waals surface area contributed by atoms with Crippen LogP contribution in [0.2, 0.25) is 0 Å². The van der Waals surface area contributed by atoms with E-state index in [1.807, 2.05) is 6.07 Å².